The highest BCUT2D eigenvalue weighted by Crippen LogP contribution is 2.48. The number of benzene rings is 1. The van der Waals surface area contributed by atoms with Crippen molar-refractivity contribution in [3.63, 3.8) is 0 Å². The van der Waals surface area contributed by atoms with Gasteiger partial charge in [0.1, 0.15) is 5.75 Å². The highest BCUT2D eigenvalue weighted by Gasteiger charge is 2.36. The Morgan fingerprint density at radius 2 is 2.26 bits per heavy atom. The van der Waals surface area contributed by atoms with E-state index in [9.17, 15) is 9.59 Å². The molecule has 100 valence electrons. The lowest BCUT2D eigenvalue weighted by molar-refractivity contribution is -0.137. The van der Waals surface area contributed by atoms with Crippen molar-refractivity contribution in [2.24, 2.45) is 5.92 Å². The highest BCUT2D eigenvalue weighted by molar-refractivity contribution is 5.95. The first-order valence-electron chi connectivity index (χ1n) is 6.42. The van der Waals surface area contributed by atoms with Gasteiger partial charge in [-0.2, -0.15) is 0 Å². The van der Waals surface area contributed by atoms with E-state index in [1.165, 1.54) is 0 Å². The summed E-state index contributed by atoms with van der Waals surface area (Å²) in [5.74, 6) is 0.0618. The van der Waals surface area contributed by atoms with Gasteiger partial charge < -0.3 is 15.2 Å². The first-order valence-corrected chi connectivity index (χ1v) is 6.42. The molecule has 3 rings (SSSR count). The zero-order valence-electron chi connectivity index (χ0n) is 10.4. The van der Waals surface area contributed by atoms with Crippen molar-refractivity contribution in [2.45, 2.75) is 25.2 Å². The number of carbonyl (C=O) groups is 2. The molecule has 5 heteroatoms. The molecule has 0 radical (unpaired) electrons. The number of carbonyl (C=O) groups excluding carboxylic acids is 1. The molecule has 0 aromatic heterocycles. The molecule has 1 fully saturated rings. The molecule has 1 aromatic rings. The van der Waals surface area contributed by atoms with Crippen molar-refractivity contribution < 1.29 is 19.4 Å². The lowest BCUT2D eigenvalue weighted by Crippen LogP contribution is -2.26. The third-order valence-corrected chi connectivity index (χ3v) is 3.65. The molecular weight excluding hydrogens is 246 g/mol. The number of amides is 1. The van der Waals surface area contributed by atoms with E-state index in [-0.39, 0.29) is 24.9 Å². The zero-order valence-corrected chi connectivity index (χ0v) is 10.4. The van der Waals surface area contributed by atoms with Crippen molar-refractivity contribution >= 4 is 17.6 Å². The molecule has 1 aromatic carbocycles. The van der Waals surface area contributed by atoms with Crippen LogP contribution in [0.15, 0.2) is 18.2 Å². The molecule has 1 atom stereocenters. The van der Waals surface area contributed by atoms with E-state index >= 15 is 0 Å². The van der Waals surface area contributed by atoms with Gasteiger partial charge in [-0.05, 0) is 24.8 Å². The summed E-state index contributed by atoms with van der Waals surface area (Å²) in [6, 6.07) is 5.52. The van der Waals surface area contributed by atoms with E-state index in [4.69, 9.17) is 9.84 Å². The van der Waals surface area contributed by atoms with Crippen molar-refractivity contribution in [3.8, 4) is 5.75 Å². The number of carboxylic acids is 1. The van der Waals surface area contributed by atoms with E-state index in [2.05, 4.69) is 5.32 Å². The van der Waals surface area contributed by atoms with E-state index in [0.717, 1.165) is 18.4 Å². The maximum atomic E-state index is 11.3. The lowest BCUT2D eigenvalue weighted by Gasteiger charge is -2.24. The molecular formula is C14H15NO4. The summed E-state index contributed by atoms with van der Waals surface area (Å²) in [4.78, 5) is 22.3. The van der Waals surface area contributed by atoms with Crippen LogP contribution < -0.4 is 10.1 Å². The molecule has 5 nitrogen and oxygen atoms in total. The predicted molar refractivity (Wildman–Crippen MR) is 68.3 cm³/mol. The van der Waals surface area contributed by atoms with Crippen LogP contribution in [0.1, 0.15) is 30.7 Å². The monoisotopic (exact) mass is 261 g/mol. The van der Waals surface area contributed by atoms with E-state index in [1.807, 2.05) is 12.1 Å². The molecule has 0 saturated heterocycles. The number of hydrogen-bond donors (Lipinski definition) is 2. The Hall–Kier alpha value is -2.04. The van der Waals surface area contributed by atoms with Gasteiger partial charge in [-0.1, -0.05) is 12.1 Å². The summed E-state index contributed by atoms with van der Waals surface area (Å²) in [5.41, 5.74) is 1.55. The number of ether oxygens (including phenoxy) is 1. The second kappa shape index (κ2) is 4.57. The van der Waals surface area contributed by atoms with Gasteiger partial charge in [0.25, 0.3) is 5.91 Å². The molecule has 1 amide bonds. The molecule has 1 saturated carbocycles. The average molecular weight is 261 g/mol. The number of aliphatic carboxylic acids is 1. The quantitative estimate of drug-likeness (QED) is 0.869. The first kappa shape index (κ1) is 12.0. The van der Waals surface area contributed by atoms with Crippen LogP contribution >= 0.6 is 0 Å². The van der Waals surface area contributed by atoms with Crippen LogP contribution in [0.25, 0.3) is 0 Å². The molecule has 0 spiro atoms. The first-order chi connectivity index (χ1) is 9.15. The SMILES string of the molecule is O=C(O)CC(c1cccc2c1OCC(=O)N2)C1CC1. The summed E-state index contributed by atoms with van der Waals surface area (Å²) < 4.78 is 5.50. The van der Waals surface area contributed by atoms with Crippen LogP contribution in [0.3, 0.4) is 0 Å². The smallest absolute Gasteiger partial charge is 0.303 e. The van der Waals surface area contributed by atoms with Crippen molar-refractivity contribution in [1.29, 1.82) is 0 Å². The number of fused-ring (bicyclic) bond motifs is 1. The summed E-state index contributed by atoms with van der Waals surface area (Å²) in [6.45, 7) is -0.00548. The fraction of sp³-hybridized carbons (Fsp3) is 0.429. The van der Waals surface area contributed by atoms with Gasteiger partial charge in [0.05, 0.1) is 12.1 Å². The van der Waals surface area contributed by atoms with E-state index < -0.39 is 5.97 Å². The van der Waals surface area contributed by atoms with E-state index in [1.54, 1.807) is 6.07 Å². The van der Waals surface area contributed by atoms with Gasteiger partial charge in [0, 0.05) is 11.5 Å². The van der Waals surface area contributed by atoms with Crippen molar-refractivity contribution in [2.75, 3.05) is 11.9 Å². The number of rotatable bonds is 4. The standard InChI is InChI=1S/C14H15NO4/c16-12-7-19-14-9(2-1-3-11(14)15-12)10(6-13(17)18)8-4-5-8/h1-3,8,10H,4-7H2,(H,15,16)(H,17,18). The number of carboxylic acid groups (broad SMARTS) is 1. The number of para-hydroxylation sites is 1. The summed E-state index contributed by atoms with van der Waals surface area (Å²) in [7, 11) is 0. The molecule has 1 aliphatic heterocycles. The fourth-order valence-electron chi connectivity index (χ4n) is 2.65. The van der Waals surface area contributed by atoms with Crippen LogP contribution in [0.5, 0.6) is 5.75 Å². The van der Waals surface area contributed by atoms with Crippen molar-refractivity contribution in [1.82, 2.24) is 0 Å². The molecule has 1 aliphatic carbocycles. The Labute approximate surface area is 110 Å². The van der Waals surface area contributed by atoms with Crippen LogP contribution in [-0.2, 0) is 9.59 Å². The average Bonchev–Trinajstić information content (AvgIpc) is 3.19. The van der Waals surface area contributed by atoms with Crippen LogP contribution in [-0.4, -0.2) is 23.6 Å². The maximum absolute atomic E-state index is 11.3. The van der Waals surface area contributed by atoms with Gasteiger partial charge in [-0.15, -0.1) is 0 Å². The maximum Gasteiger partial charge on any atom is 0.303 e. The van der Waals surface area contributed by atoms with Crippen LogP contribution in [0.4, 0.5) is 5.69 Å². The minimum atomic E-state index is -0.797. The number of anilines is 1. The van der Waals surface area contributed by atoms with Gasteiger partial charge in [0.2, 0.25) is 0 Å². The Bertz CT molecular complexity index is 536. The third kappa shape index (κ3) is 2.41. The lowest BCUT2D eigenvalue weighted by atomic mass is 9.89. The second-order valence-corrected chi connectivity index (χ2v) is 5.10. The summed E-state index contributed by atoms with van der Waals surface area (Å²) in [6.07, 6.45) is 2.24. The highest BCUT2D eigenvalue weighted by atomic mass is 16.5. The largest absolute Gasteiger partial charge is 0.481 e. The van der Waals surface area contributed by atoms with E-state index in [0.29, 0.717) is 17.4 Å². The molecule has 2 N–H and O–H groups in total. The molecule has 19 heavy (non-hydrogen) atoms. The topological polar surface area (TPSA) is 75.6 Å². The third-order valence-electron chi connectivity index (χ3n) is 3.65. The normalized spacial score (nSPS) is 19.1. The predicted octanol–water partition coefficient (Wildman–Crippen LogP) is 1.99. The molecule has 1 heterocycles. The molecule has 0 bridgehead atoms. The summed E-state index contributed by atoms with van der Waals surface area (Å²) in [5, 5.41) is 11.8. The minimum Gasteiger partial charge on any atom is -0.481 e. The number of nitrogens with one attached hydrogen (secondary N) is 1. The zero-order chi connectivity index (χ0) is 13.4. The Morgan fingerprint density at radius 3 is 2.95 bits per heavy atom. The van der Waals surface area contributed by atoms with Gasteiger partial charge in [0.15, 0.2) is 6.61 Å². The van der Waals surface area contributed by atoms with Gasteiger partial charge >= 0.3 is 5.97 Å². The van der Waals surface area contributed by atoms with Crippen molar-refractivity contribution in [3.05, 3.63) is 23.8 Å². The molecule has 1 unspecified atom stereocenters. The van der Waals surface area contributed by atoms with Gasteiger partial charge in [-0.3, -0.25) is 9.59 Å². The second-order valence-electron chi connectivity index (χ2n) is 5.10. The summed E-state index contributed by atoms with van der Waals surface area (Å²) >= 11 is 0. The Morgan fingerprint density at radius 1 is 1.47 bits per heavy atom. The van der Waals surface area contributed by atoms with Crippen LogP contribution in [0, 0.1) is 5.92 Å². The Kier molecular flexibility index (Phi) is 2.89. The minimum absolute atomic E-state index is 0.00548. The van der Waals surface area contributed by atoms with Gasteiger partial charge in [-0.25, -0.2) is 0 Å². The number of hydrogen-bond acceptors (Lipinski definition) is 3. The molecule has 2 aliphatic rings. The van der Waals surface area contributed by atoms with Crippen LogP contribution in [0.2, 0.25) is 0 Å². The fourth-order valence-corrected chi connectivity index (χ4v) is 2.65. The Balaban J connectivity index is 1.96.